The zero-order chi connectivity index (χ0) is 16.1. The fraction of sp³-hybridized carbons (Fsp3) is 0.188. The average Bonchev–Trinajstić information content (AvgIpc) is 2.49. The van der Waals surface area contributed by atoms with Crippen LogP contribution in [-0.2, 0) is 4.79 Å². The van der Waals surface area contributed by atoms with Crippen molar-refractivity contribution in [2.45, 2.75) is 24.1 Å². The number of aromatic nitrogens is 1. The Morgan fingerprint density at radius 3 is 2.68 bits per heavy atom. The highest BCUT2D eigenvalue weighted by Gasteiger charge is 2.18. The number of nitrogens with one attached hydrogen (secondary N) is 1. The van der Waals surface area contributed by atoms with E-state index in [2.05, 4.69) is 5.32 Å². The molecule has 0 aliphatic carbocycles. The van der Waals surface area contributed by atoms with Gasteiger partial charge in [-0.25, -0.2) is 0 Å². The fourth-order valence-corrected chi connectivity index (χ4v) is 2.65. The maximum absolute atomic E-state index is 12.2. The van der Waals surface area contributed by atoms with Crippen molar-refractivity contribution in [2.24, 2.45) is 0 Å². The van der Waals surface area contributed by atoms with Crippen molar-refractivity contribution in [1.29, 1.82) is 0 Å². The number of carbonyl (C=O) groups excluding carboxylic acids is 2. The molecule has 1 atom stereocenters. The lowest BCUT2D eigenvalue weighted by Crippen LogP contribution is -2.30. The SMILES string of the molecule is CC(=O)c1cccc(NC(=O)[C@@H](C)Sc2cccc[n+]2[O-])c1. The molecule has 22 heavy (non-hydrogen) atoms. The van der Waals surface area contributed by atoms with E-state index in [1.807, 2.05) is 0 Å². The average molecular weight is 316 g/mol. The van der Waals surface area contributed by atoms with Gasteiger partial charge in [0.15, 0.2) is 12.0 Å². The molecule has 0 radical (unpaired) electrons. The van der Waals surface area contributed by atoms with Crippen molar-refractivity contribution in [2.75, 3.05) is 5.32 Å². The molecule has 0 saturated carbocycles. The van der Waals surface area contributed by atoms with Crippen LogP contribution >= 0.6 is 11.8 Å². The van der Waals surface area contributed by atoms with Gasteiger partial charge in [-0.2, -0.15) is 4.73 Å². The number of carbonyl (C=O) groups is 2. The third kappa shape index (κ3) is 4.08. The molecular formula is C16H16N2O3S. The third-order valence-electron chi connectivity index (χ3n) is 2.99. The highest BCUT2D eigenvalue weighted by Crippen LogP contribution is 2.21. The van der Waals surface area contributed by atoms with Crippen molar-refractivity contribution < 1.29 is 14.3 Å². The summed E-state index contributed by atoms with van der Waals surface area (Å²) in [6.45, 7) is 3.20. The summed E-state index contributed by atoms with van der Waals surface area (Å²) in [5, 5.41) is 14.4. The van der Waals surface area contributed by atoms with Gasteiger partial charge < -0.3 is 10.5 Å². The minimum Gasteiger partial charge on any atom is -0.618 e. The summed E-state index contributed by atoms with van der Waals surface area (Å²) in [5.41, 5.74) is 1.10. The van der Waals surface area contributed by atoms with Crippen molar-refractivity contribution in [3.63, 3.8) is 0 Å². The number of Topliss-reactive ketones (excluding diaryl/α,β-unsaturated/α-hetero) is 1. The van der Waals surface area contributed by atoms with E-state index in [4.69, 9.17) is 0 Å². The molecule has 6 heteroatoms. The van der Waals surface area contributed by atoms with Crippen LogP contribution in [0, 0.1) is 5.21 Å². The first-order chi connectivity index (χ1) is 10.5. The molecule has 5 nitrogen and oxygen atoms in total. The Balaban J connectivity index is 2.04. The highest BCUT2D eigenvalue weighted by atomic mass is 32.2. The van der Waals surface area contributed by atoms with E-state index >= 15 is 0 Å². The summed E-state index contributed by atoms with van der Waals surface area (Å²) in [5.74, 6) is -0.287. The number of nitrogens with zero attached hydrogens (tertiary/aromatic N) is 1. The molecule has 1 aromatic heterocycles. The van der Waals surface area contributed by atoms with E-state index in [1.54, 1.807) is 49.4 Å². The number of anilines is 1. The van der Waals surface area contributed by atoms with Gasteiger partial charge in [0.05, 0.1) is 5.25 Å². The molecule has 114 valence electrons. The first-order valence-corrected chi connectivity index (χ1v) is 7.62. The molecule has 0 aliphatic rings. The topological polar surface area (TPSA) is 73.1 Å². The number of thioether (sulfide) groups is 1. The molecule has 0 saturated heterocycles. The van der Waals surface area contributed by atoms with Crippen LogP contribution in [0.15, 0.2) is 53.7 Å². The summed E-state index contributed by atoms with van der Waals surface area (Å²) in [7, 11) is 0. The quantitative estimate of drug-likeness (QED) is 0.398. The normalized spacial score (nSPS) is 11.7. The van der Waals surface area contributed by atoms with E-state index in [0.29, 0.717) is 16.3 Å². The number of hydrogen-bond acceptors (Lipinski definition) is 4. The first kappa shape index (κ1) is 16.0. The van der Waals surface area contributed by atoms with Gasteiger partial charge in [-0.15, -0.1) is 0 Å². The smallest absolute Gasteiger partial charge is 0.252 e. The summed E-state index contributed by atoms with van der Waals surface area (Å²) >= 11 is 1.18. The number of rotatable bonds is 5. The molecule has 1 amide bonds. The number of pyridine rings is 1. The van der Waals surface area contributed by atoms with Crippen LogP contribution in [0.25, 0.3) is 0 Å². The summed E-state index contributed by atoms with van der Waals surface area (Å²) in [6, 6.07) is 11.8. The van der Waals surface area contributed by atoms with Crippen molar-refractivity contribution in [3.8, 4) is 0 Å². The first-order valence-electron chi connectivity index (χ1n) is 6.74. The second-order valence-electron chi connectivity index (χ2n) is 4.75. The van der Waals surface area contributed by atoms with Gasteiger partial charge >= 0.3 is 0 Å². The lowest BCUT2D eigenvalue weighted by atomic mass is 10.1. The molecular weight excluding hydrogens is 300 g/mol. The van der Waals surface area contributed by atoms with Crippen LogP contribution in [0.2, 0.25) is 0 Å². The maximum atomic E-state index is 12.2. The molecule has 0 aliphatic heterocycles. The standard InChI is InChI=1S/C16H16N2O3S/c1-11(19)13-6-5-7-14(10-13)17-16(20)12(2)22-15-8-3-4-9-18(15)21/h3-10,12H,1-2H3,(H,17,20)/t12-/m1/s1. The van der Waals surface area contributed by atoms with Crippen LogP contribution in [-0.4, -0.2) is 16.9 Å². The fourth-order valence-electron chi connectivity index (χ4n) is 1.80. The Labute approximate surface area is 132 Å². The third-order valence-corrected chi connectivity index (χ3v) is 4.12. The van der Waals surface area contributed by atoms with Crippen LogP contribution in [0.5, 0.6) is 0 Å². The minimum absolute atomic E-state index is 0.0600. The Hall–Kier alpha value is -2.34. The number of hydrogen-bond donors (Lipinski definition) is 1. The second-order valence-corrected chi connectivity index (χ2v) is 6.11. The molecule has 1 heterocycles. The molecule has 0 spiro atoms. The highest BCUT2D eigenvalue weighted by molar-refractivity contribution is 8.00. The molecule has 0 fully saturated rings. The predicted molar refractivity (Wildman–Crippen MR) is 85.8 cm³/mol. The molecule has 2 rings (SSSR count). The van der Waals surface area contributed by atoms with Gasteiger partial charge in [0.1, 0.15) is 0 Å². The molecule has 2 aromatic rings. The van der Waals surface area contributed by atoms with Gasteiger partial charge in [-0.3, -0.25) is 9.59 Å². The van der Waals surface area contributed by atoms with E-state index in [-0.39, 0.29) is 11.7 Å². The Bertz CT molecular complexity index is 703. The molecule has 1 N–H and O–H groups in total. The Kier molecular flexibility index (Phi) is 5.16. The van der Waals surface area contributed by atoms with Crippen LogP contribution in [0.1, 0.15) is 24.2 Å². The summed E-state index contributed by atoms with van der Waals surface area (Å²) in [6.07, 6.45) is 1.39. The monoisotopic (exact) mass is 316 g/mol. The summed E-state index contributed by atoms with van der Waals surface area (Å²) in [4.78, 5) is 23.5. The number of ketones is 1. The number of benzene rings is 1. The van der Waals surface area contributed by atoms with Gasteiger partial charge in [0.2, 0.25) is 5.91 Å². The zero-order valence-corrected chi connectivity index (χ0v) is 13.1. The largest absolute Gasteiger partial charge is 0.618 e. The predicted octanol–water partition coefficient (Wildman–Crippen LogP) is 2.64. The maximum Gasteiger partial charge on any atom is 0.252 e. The molecule has 0 bridgehead atoms. The zero-order valence-electron chi connectivity index (χ0n) is 12.3. The van der Waals surface area contributed by atoms with Crippen molar-refractivity contribution in [3.05, 3.63) is 59.4 Å². The van der Waals surface area contributed by atoms with Gasteiger partial charge in [0, 0.05) is 23.4 Å². The van der Waals surface area contributed by atoms with E-state index in [9.17, 15) is 14.8 Å². The van der Waals surface area contributed by atoms with E-state index in [1.165, 1.54) is 24.9 Å². The Morgan fingerprint density at radius 1 is 1.23 bits per heavy atom. The van der Waals surface area contributed by atoms with Gasteiger partial charge in [0.25, 0.3) is 5.03 Å². The van der Waals surface area contributed by atoms with E-state index in [0.717, 1.165) is 4.73 Å². The second kappa shape index (κ2) is 7.09. The van der Waals surface area contributed by atoms with E-state index < -0.39 is 5.25 Å². The van der Waals surface area contributed by atoms with Gasteiger partial charge in [-0.1, -0.05) is 12.1 Å². The van der Waals surface area contributed by atoms with Gasteiger partial charge in [-0.05, 0) is 43.8 Å². The lowest BCUT2D eigenvalue weighted by molar-refractivity contribution is -0.645. The van der Waals surface area contributed by atoms with Crippen LogP contribution in [0.4, 0.5) is 5.69 Å². The Morgan fingerprint density at radius 2 is 2.00 bits per heavy atom. The van der Waals surface area contributed by atoms with Crippen LogP contribution < -0.4 is 10.0 Å². The molecule has 1 aromatic carbocycles. The molecule has 0 unspecified atom stereocenters. The van der Waals surface area contributed by atoms with Crippen molar-refractivity contribution in [1.82, 2.24) is 0 Å². The van der Waals surface area contributed by atoms with Crippen molar-refractivity contribution >= 4 is 29.1 Å². The number of amides is 1. The minimum atomic E-state index is -0.441. The van der Waals surface area contributed by atoms with Crippen LogP contribution in [0.3, 0.4) is 0 Å². The lowest BCUT2D eigenvalue weighted by Gasteiger charge is -2.12. The summed E-state index contributed by atoms with van der Waals surface area (Å²) < 4.78 is 0.727.